The maximum atomic E-state index is 12.0. The summed E-state index contributed by atoms with van der Waals surface area (Å²) < 4.78 is 4.77. The van der Waals surface area contributed by atoms with E-state index < -0.39 is 17.9 Å². The van der Waals surface area contributed by atoms with Gasteiger partial charge in [-0.15, -0.1) is 0 Å². The highest BCUT2D eigenvalue weighted by molar-refractivity contribution is 5.99. The van der Waals surface area contributed by atoms with Gasteiger partial charge in [0, 0.05) is 18.0 Å². The lowest BCUT2D eigenvalue weighted by Crippen LogP contribution is -2.43. The van der Waals surface area contributed by atoms with Gasteiger partial charge in [-0.1, -0.05) is 12.1 Å². The standard InChI is InChI=1S/C14H16N2O4/c1-8-3-4-9-6-11(15-10(9)5-8)13(17)16-12(7-20-2)14(18)19/h3-6,12,15H,7H2,1-2H3,(H,16,17)(H,18,19). The van der Waals surface area contributed by atoms with Crippen LogP contribution >= 0.6 is 0 Å². The van der Waals surface area contributed by atoms with Gasteiger partial charge in [0.05, 0.1) is 6.61 Å². The highest BCUT2D eigenvalue weighted by Crippen LogP contribution is 2.16. The lowest BCUT2D eigenvalue weighted by Gasteiger charge is -2.12. The van der Waals surface area contributed by atoms with Crippen LogP contribution < -0.4 is 5.32 Å². The van der Waals surface area contributed by atoms with E-state index in [1.807, 2.05) is 25.1 Å². The number of benzene rings is 1. The van der Waals surface area contributed by atoms with Crippen LogP contribution in [0.15, 0.2) is 24.3 Å². The van der Waals surface area contributed by atoms with Crippen LogP contribution in [0.4, 0.5) is 0 Å². The van der Waals surface area contributed by atoms with Gasteiger partial charge in [0.25, 0.3) is 5.91 Å². The molecule has 1 amide bonds. The molecule has 0 aliphatic carbocycles. The molecule has 0 aliphatic heterocycles. The number of amides is 1. The van der Waals surface area contributed by atoms with Crippen LogP contribution in [0.25, 0.3) is 10.9 Å². The number of fused-ring (bicyclic) bond motifs is 1. The van der Waals surface area contributed by atoms with Crippen LogP contribution in [0.5, 0.6) is 0 Å². The molecule has 1 atom stereocenters. The van der Waals surface area contributed by atoms with Crippen LogP contribution in [0.1, 0.15) is 16.1 Å². The minimum atomic E-state index is -1.13. The maximum absolute atomic E-state index is 12.0. The molecule has 1 aromatic carbocycles. The highest BCUT2D eigenvalue weighted by atomic mass is 16.5. The predicted octanol–water partition coefficient (Wildman–Crippen LogP) is 1.31. The van der Waals surface area contributed by atoms with Crippen molar-refractivity contribution in [1.29, 1.82) is 0 Å². The lowest BCUT2D eigenvalue weighted by molar-refractivity contribution is -0.140. The number of aryl methyl sites for hydroxylation is 1. The Kier molecular flexibility index (Phi) is 4.05. The van der Waals surface area contributed by atoms with Crippen molar-refractivity contribution in [2.24, 2.45) is 0 Å². The first kappa shape index (κ1) is 14.1. The second-order valence-corrected chi connectivity index (χ2v) is 4.59. The van der Waals surface area contributed by atoms with Gasteiger partial charge in [-0.25, -0.2) is 4.79 Å². The van der Waals surface area contributed by atoms with Crippen molar-refractivity contribution in [1.82, 2.24) is 10.3 Å². The van der Waals surface area contributed by atoms with Crippen molar-refractivity contribution in [3.63, 3.8) is 0 Å². The van der Waals surface area contributed by atoms with Crippen LogP contribution in [0.2, 0.25) is 0 Å². The van der Waals surface area contributed by atoms with Crippen molar-refractivity contribution < 1.29 is 19.4 Å². The van der Waals surface area contributed by atoms with Crippen molar-refractivity contribution >= 4 is 22.8 Å². The second kappa shape index (κ2) is 5.75. The largest absolute Gasteiger partial charge is 0.480 e. The molecule has 3 N–H and O–H groups in total. The molecule has 1 unspecified atom stereocenters. The molecular formula is C14H16N2O4. The molecular weight excluding hydrogens is 260 g/mol. The number of hydrogen-bond donors (Lipinski definition) is 3. The molecule has 1 aromatic heterocycles. The van der Waals surface area contributed by atoms with Crippen LogP contribution in [0.3, 0.4) is 0 Å². The van der Waals surface area contributed by atoms with E-state index in [2.05, 4.69) is 10.3 Å². The van der Waals surface area contributed by atoms with E-state index >= 15 is 0 Å². The number of H-pyrrole nitrogens is 1. The lowest BCUT2D eigenvalue weighted by atomic mass is 10.2. The summed E-state index contributed by atoms with van der Waals surface area (Å²) in [5, 5.41) is 12.3. The molecule has 106 valence electrons. The Balaban J connectivity index is 2.20. The third kappa shape index (κ3) is 2.97. The third-order valence-electron chi connectivity index (χ3n) is 2.96. The average Bonchev–Trinajstić information content (AvgIpc) is 2.80. The number of carboxylic acid groups (broad SMARTS) is 1. The monoisotopic (exact) mass is 276 g/mol. The van der Waals surface area contributed by atoms with Crippen LogP contribution in [0, 0.1) is 6.92 Å². The van der Waals surface area contributed by atoms with E-state index in [0.717, 1.165) is 16.5 Å². The van der Waals surface area contributed by atoms with Gasteiger partial charge in [-0.2, -0.15) is 0 Å². The molecule has 0 aliphatic rings. The van der Waals surface area contributed by atoms with Gasteiger partial charge >= 0.3 is 5.97 Å². The molecule has 2 aromatic rings. The number of carboxylic acids is 1. The topological polar surface area (TPSA) is 91.4 Å². The van der Waals surface area contributed by atoms with Crippen molar-refractivity contribution in [3.8, 4) is 0 Å². The summed E-state index contributed by atoms with van der Waals surface area (Å²) in [5.74, 6) is -1.60. The van der Waals surface area contributed by atoms with Gasteiger partial charge in [-0.3, -0.25) is 4.79 Å². The number of hydrogen-bond acceptors (Lipinski definition) is 3. The first-order valence-electron chi connectivity index (χ1n) is 6.13. The molecule has 0 bridgehead atoms. The Labute approximate surface area is 115 Å². The Bertz CT molecular complexity index is 648. The minimum absolute atomic E-state index is 0.0829. The van der Waals surface area contributed by atoms with E-state index in [0.29, 0.717) is 5.69 Å². The van der Waals surface area contributed by atoms with E-state index in [1.165, 1.54) is 7.11 Å². The van der Waals surface area contributed by atoms with Crippen LogP contribution in [-0.4, -0.2) is 41.7 Å². The summed E-state index contributed by atoms with van der Waals surface area (Å²) in [7, 11) is 1.38. The normalized spacial score (nSPS) is 12.3. The highest BCUT2D eigenvalue weighted by Gasteiger charge is 2.21. The zero-order valence-electron chi connectivity index (χ0n) is 11.3. The SMILES string of the molecule is COCC(NC(=O)c1cc2ccc(C)cc2[nH]1)C(=O)O. The fourth-order valence-corrected chi connectivity index (χ4v) is 1.94. The van der Waals surface area contributed by atoms with Crippen LogP contribution in [-0.2, 0) is 9.53 Å². The van der Waals surface area contributed by atoms with E-state index in [1.54, 1.807) is 6.07 Å². The van der Waals surface area contributed by atoms with E-state index in [4.69, 9.17) is 9.84 Å². The minimum Gasteiger partial charge on any atom is -0.480 e. The number of aliphatic carboxylic acids is 1. The van der Waals surface area contributed by atoms with E-state index in [-0.39, 0.29) is 6.61 Å². The fraction of sp³-hybridized carbons (Fsp3) is 0.286. The first-order valence-corrected chi connectivity index (χ1v) is 6.13. The number of aromatic amines is 1. The molecule has 1 heterocycles. The molecule has 2 rings (SSSR count). The Morgan fingerprint density at radius 2 is 2.15 bits per heavy atom. The molecule has 0 saturated carbocycles. The number of carbonyl (C=O) groups is 2. The number of carbonyl (C=O) groups excluding carboxylic acids is 1. The Hall–Kier alpha value is -2.34. The van der Waals surface area contributed by atoms with Crippen molar-refractivity contribution in [2.75, 3.05) is 13.7 Å². The number of methoxy groups -OCH3 is 1. The van der Waals surface area contributed by atoms with Crippen molar-refractivity contribution in [2.45, 2.75) is 13.0 Å². The smallest absolute Gasteiger partial charge is 0.328 e. The predicted molar refractivity (Wildman–Crippen MR) is 73.8 cm³/mol. The molecule has 6 heteroatoms. The van der Waals surface area contributed by atoms with Gasteiger partial charge < -0.3 is 20.1 Å². The van der Waals surface area contributed by atoms with Gasteiger partial charge in [0.1, 0.15) is 5.69 Å². The molecule has 0 saturated heterocycles. The number of nitrogens with one attached hydrogen (secondary N) is 2. The third-order valence-corrected chi connectivity index (χ3v) is 2.96. The number of rotatable bonds is 5. The zero-order chi connectivity index (χ0) is 14.7. The summed E-state index contributed by atoms with van der Waals surface area (Å²) in [5.41, 5.74) is 2.25. The summed E-state index contributed by atoms with van der Waals surface area (Å²) in [6.07, 6.45) is 0. The Morgan fingerprint density at radius 3 is 2.80 bits per heavy atom. The fourth-order valence-electron chi connectivity index (χ4n) is 1.94. The summed E-state index contributed by atoms with van der Waals surface area (Å²) >= 11 is 0. The molecule has 0 radical (unpaired) electrons. The molecule has 20 heavy (non-hydrogen) atoms. The summed E-state index contributed by atoms with van der Waals surface area (Å²) in [4.78, 5) is 26.0. The number of aromatic nitrogens is 1. The van der Waals surface area contributed by atoms with Gasteiger partial charge in [0.2, 0.25) is 0 Å². The maximum Gasteiger partial charge on any atom is 0.328 e. The first-order chi connectivity index (χ1) is 9.51. The molecule has 6 nitrogen and oxygen atoms in total. The summed E-state index contributed by atoms with van der Waals surface area (Å²) in [6, 6.07) is 6.40. The van der Waals surface area contributed by atoms with E-state index in [9.17, 15) is 9.59 Å². The Morgan fingerprint density at radius 1 is 1.40 bits per heavy atom. The second-order valence-electron chi connectivity index (χ2n) is 4.59. The van der Waals surface area contributed by atoms with Gasteiger partial charge in [-0.05, 0) is 24.6 Å². The average molecular weight is 276 g/mol. The van der Waals surface area contributed by atoms with Crippen molar-refractivity contribution in [3.05, 3.63) is 35.5 Å². The number of ether oxygens (including phenoxy) is 1. The quantitative estimate of drug-likeness (QED) is 0.767. The molecule has 0 fully saturated rings. The zero-order valence-corrected chi connectivity index (χ0v) is 11.3. The van der Waals surface area contributed by atoms with Gasteiger partial charge in [0.15, 0.2) is 6.04 Å². The molecule has 0 spiro atoms. The summed E-state index contributed by atoms with van der Waals surface area (Å²) in [6.45, 7) is 1.87.